The van der Waals surface area contributed by atoms with Crippen LogP contribution in [0.5, 0.6) is 11.5 Å². The van der Waals surface area contributed by atoms with Crippen molar-refractivity contribution in [1.29, 1.82) is 0 Å². The lowest BCUT2D eigenvalue weighted by molar-refractivity contribution is 0.370. The third-order valence-corrected chi connectivity index (χ3v) is 4.80. The molecule has 3 aromatic carbocycles. The average Bonchev–Trinajstić information content (AvgIpc) is 2.74. The molecule has 0 saturated heterocycles. The van der Waals surface area contributed by atoms with E-state index in [4.69, 9.17) is 22.3 Å². The van der Waals surface area contributed by atoms with Gasteiger partial charge in [0.1, 0.15) is 24.7 Å². The number of halogens is 1. The van der Waals surface area contributed by atoms with Crippen LogP contribution in [0.25, 0.3) is 0 Å². The van der Waals surface area contributed by atoms with Gasteiger partial charge in [-0.25, -0.2) is 0 Å². The van der Waals surface area contributed by atoms with E-state index in [1.165, 1.54) is 5.56 Å². The molecule has 3 heteroatoms. The quantitative estimate of drug-likeness (QED) is 0.355. The molecule has 28 heavy (non-hydrogen) atoms. The van der Waals surface area contributed by atoms with Crippen molar-refractivity contribution >= 4 is 15.9 Å². The smallest absolute Gasteiger partial charge is 0.148 e. The summed E-state index contributed by atoms with van der Waals surface area (Å²) in [6.07, 6.45) is 10.5. The Morgan fingerprint density at radius 1 is 0.643 bits per heavy atom. The molecule has 0 unspecified atom stereocenters. The van der Waals surface area contributed by atoms with E-state index in [0.717, 1.165) is 27.1 Å². The Hall–Kier alpha value is -3.14. The molecule has 0 heterocycles. The summed E-state index contributed by atoms with van der Waals surface area (Å²) in [7, 11) is 0. The number of benzene rings is 3. The van der Waals surface area contributed by atoms with Gasteiger partial charge in [0.05, 0.1) is 0 Å². The zero-order valence-corrected chi connectivity index (χ0v) is 16.9. The molecule has 0 aliphatic rings. The minimum absolute atomic E-state index is 0.0801. The van der Waals surface area contributed by atoms with E-state index in [0.29, 0.717) is 0 Å². The van der Waals surface area contributed by atoms with Crippen LogP contribution in [0.1, 0.15) is 22.6 Å². The second-order valence-electron chi connectivity index (χ2n) is 6.11. The van der Waals surface area contributed by atoms with E-state index in [9.17, 15) is 0 Å². The number of hydrogen-bond acceptors (Lipinski definition) is 2. The van der Waals surface area contributed by atoms with E-state index in [-0.39, 0.29) is 19.1 Å². The summed E-state index contributed by atoms with van der Waals surface area (Å²) < 4.78 is 12.0. The fourth-order valence-electron chi connectivity index (χ4n) is 3.00. The maximum Gasteiger partial charge on any atom is 0.148 e. The van der Waals surface area contributed by atoms with Crippen molar-refractivity contribution in [3.05, 3.63) is 94.0 Å². The minimum Gasteiger partial charge on any atom is -0.481 e. The highest BCUT2D eigenvalue weighted by Crippen LogP contribution is 2.34. The minimum atomic E-state index is 0.0801. The summed E-state index contributed by atoms with van der Waals surface area (Å²) in [5.41, 5.74) is 3.51. The molecule has 0 atom stereocenters. The fourth-order valence-corrected chi connectivity index (χ4v) is 3.26. The Balaban J connectivity index is 1.95. The Bertz CT molecular complexity index is 914. The van der Waals surface area contributed by atoms with E-state index in [1.54, 1.807) is 0 Å². The third-order valence-electron chi connectivity index (χ3n) is 4.27. The molecular formula is C25H19BrO2. The second-order valence-corrected chi connectivity index (χ2v) is 7.02. The zero-order chi connectivity index (χ0) is 19.8. The van der Waals surface area contributed by atoms with Crippen molar-refractivity contribution in [2.75, 3.05) is 13.2 Å². The Kier molecular flexibility index (Phi) is 6.79. The van der Waals surface area contributed by atoms with Crippen molar-refractivity contribution in [3.8, 4) is 36.2 Å². The van der Waals surface area contributed by atoms with Gasteiger partial charge in [-0.05, 0) is 53.1 Å². The summed E-state index contributed by atoms with van der Waals surface area (Å²) in [6, 6.07) is 24.4. The average molecular weight is 431 g/mol. The summed E-state index contributed by atoms with van der Waals surface area (Å²) in [5.74, 6) is 6.56. The highest BCUT2D eigenvalue weighted by molar-refractivity contribution is 9.10. The molecule has 0 amide bonds. The first-order chi connectivity index (χ1) is 13.7. The van der Waals surface area contributed by atoms with Crippen LogP contribution in [0.2, 0.25) is 0 Å². The second kappa shape index (κ2) is 9.70. The van der Waals surface area contributed by atoms with Gasteiger partial charge in [-0.15, -0.1) is 12.8 Å². The topological polar surface area (TPSA) is 18.5 Å². The monoisotopic (exact) mass is 430 g/mol. The van der Waals surface area contributed by atoms with Crippen molar-refractivity contribution in [1.82, 2.24) is 0 Å². The molecule has 0 fully saturated rings. The maximum atomic E-state index is 5.50. The lowest BCUT2D eigenvalue weighted by Gasteiger charge is -2.20. The Morgan fingerprint density at radius 2 is 1.00 bits per heavy atom. The Morgan fingerprint density at radius 3 is 1.36 bits per heavy atom. The highest BCUT2D eigenvalue weighted by Gasteiger charge is 2.17. The van der Waals surface area contributed by atoms with Crippen LogP contribution < -0.4 is 9.47 Å². The van der Waals surface area contributed by atoms with Gasteiger partial charge in [-0.2, -0.15) is 0 Å². The molecule has 2 nitrogen and oxygen atoms in total. The molecule has 0 aliphatic carbocycles. The molecule has 0 aromatic heterocycles. The van der Waals surface area contributed by atoms with Crippen LogP contribution in [-0.2, 0) is 0 Å². The fraction of sp³-hybridized carbons (Fsp3) is 0.120. The van der Waals surface area contributed by atoms with Crippen LogP contribution >= 0.6 is 15.9 Å². The third kappa shape index (κ3) is 4.97. The maximum absolute atomic E-state index is 5.50. The van der Waals surface area contributed by atoms with Crippen molar-refractivity contribution in [2.45, 2.75) is 5.92 Å². The van der Waals surface area contributed by atoms with Crippen LogP contribution in [-0.4, -0.2) is 13.2 Å². The SMILES string of the molecule is C#CCOc1ccc(C(c2ccc(Br)cc2)c2ccc(OCC#C)cc2)cc1. The molecule has 0 radical (unpaired) electrons. The predicted octanol–water partition coefficient (Wildman–Crippen LogP) is 5.65. The number of terminal acetylenes is 2. The number of ether oxygens (including phenoxy) is 2. The van der Waals surface area contributed by atoms with E-state index in [1.807, 2.05) is 24.3 Å². The molecule has 0 saturated carbocycles. The van der Waals surface area contributed by atoms with Gasteiger partial charge in [0, 0.05) is 10.4 Å². The molecule has 3 rings (SSSR count). The van der Waals surface area contributed by atoms with Crippen molar-refractivity contribution in [3.63, 3.8) is 0 Å². The molecule has 0 N–H and O–H groups in total. The molecule has 138 valence electrons. The summed E-state index contributed by atoms with van der Waals surface area (Å²) in [6.45, 7) is 0.517. The highest BCUT2D eigenvalue weighted by atomic mass is 79.9. The van der Waals surface area contributed by atoms with Gasteiger partial charge in [-0.3, -0.25) is 0 Å². The first kappa shape index (κ1) is 19.6. The Labute approximate surface area is 174 Å². The van der Waals surface area contributed by atoms with Gasteiger partial charge in [0.15, 0.2) is 0 Å². The van der Waals surface area contributed by atoms with Gasteiger partial charge < -0.3 is 9.47 Å². The van der Waals surface area contributed by atoms with Gasteiger partial charge in [0.25, 0.3) is 0 Å². The normalized spacial score (nSPS) is 10.1. The number of hydrogen-bond donors (Lipinski definition) is 0. The van der Waals surface area contributed by atoms with E-state index in [2.05, 4.69) is 76.3 Å². The summed E-state index contributed by atoms with van der Waals surface area (Å²) >= 11 is 3.51. The number of rotatable bonds is 7. The standard InChI is InChI=1S/C25H19BrO2/c1-3-17-27-23-13-7-20(8-14-23)25(19-5-11-22(26)12-6-19)21-9-15-24(16-10-21)28-18-4-2/h1-2,5-16,25H,17-18H2. The molecule has 0 spiro atoms. The van der Waals surface area contributed by atoms with Crippen LogP contribution in [0.4, 0.5) is 0 Å². The molecule has 0 aliphatic heterocycles. The van der Waals surface area contributed by atoms with E-state index < -0.39 is 0 Å². The predicted molar refractivity (Wildman–Crippen MR) is 117 cm³/mol. The lowest BCUT2D eigenvalue weighted by Crippen LogP contribution is -2.04. The van der Waals surface area contributed by atoms with E-state index >= 15 is 0 Å². The first-order valence-electron chi connectivity index (χ1n) is 8.79. The summed E-state index contributed by atoms with van der Waals surface area (Å²) in [5, 5.41) is 0. The molecular weight excluding hydrogens is 412 g/mol. The molecule has 3 aromatic rings. The van der Waals surface area contributed by atoms with Crippen LogP contribution in [0.15, 0.2) is 77.3 Å². The van der Waals surface area contributed by atoms with Crippen LogP contribution in [0, 0.1) is 24.7 Å². The lowest BCUT2D eigenvalue weighted by atomic mass is 9.85. The first-order valence-corrected chi connectivity index (χ1v) is 9.58. The van der Waals surface area contributed by atoms with Gasteiger partial charge in [0.2, 0.25) is 0 Å². The van der Waals surface area contributed by atoms with Crippen molar-refractivity contribution < 1.29 is 9.47 Å². The zero-order valence-electron chi connectivity index (χ0n) is 15.3. The van der Waals surface area contributed by atoms with Gasteiger partial charge >= 0.3 is 0 Å². The van der Waals surface area contributed by atoms with Crippen molar-refractivity contribution in [2.24, 2.45) is 0 Å². The molecule has 0 bridgehead atoms. The largest absolute Gasteiger partial charge is 0.481 e. The van der Waals surface area contributed by atoms with Gasteiger partial charge in [-0.1, -0.05) is 64.2 Å². The summed E-state index contributed by atoms with van der Waals surface area (Å²) in [4.78, 5) is 0. The van der Waals surface area contributed by atoms with Crippen LogP contribution in [0.3, 0.4) is 0 Å².